The second-order valence-electron chi connectivity index (χ2n) is 4.77. The molecule has 16 heavy (non-hydrogen) atoms. The highest BCUT2D eigenvalue weighted by Gasteiger charge is 2.33. The summed E-state index contributed by atoms with van der Waals surface area (Å²) in [5, 5.41) is 0. The number of carbonyl (C=O) groups excluding carboxylic acids is 1. The summed E-state index contributed by atoms with van der Waals surface area (Å²) in [5.41, 5.74) is 0. The predicted octanol–water partition coefficient (Wildman–Crippen LogP) is 2.45. The van der Waals surface area contributed by atoms with E-state index < -0.39 is 0 Å². The van der Waals surface area contributed by atoms with Crippen LogP contribution in [0.3, 0.4) is 0 Å². The first kappa shape index (κ1) is 13.5. The van der Waals surface area contributed by atoms with Gasteiger partial charge >= 0.3 is 5.97 Å². The maximum absolute atomic E-state index is 11.9. The highest BCUT2D eigenvalue weighted by Crippen LogP contribution is 2.26. The predicted molar refractivity (Wildman–Crippen MR) is 65.3 cm³/mol. The molecule has 0 aromatic carbocycles. The SMILES string of the molecule is CCOC(=O)C(CC)N1CCCC(C)C1C. The molecule has 0 aliphatic carbocycles. The molecule has 1 fully saturated rings. The van der Waals surface area contributed by atoms with Crippen LogP contribution in [0.1, 0.15) is 47.0 Å². The molecule has 1 aliphatic heterocycles. The van der Waals surface area contributed by atoms with Crippen molar-refractivity contribution in [2.75, 3.05) is 13.2 Å². The first-order chi connectivity index (χ1) is 7.61. The molecule has 3 unspecified atom stereocenters. The van der Waals surface area contributed by atoms with E-state index >= 15 is 0 Å². The number of ether oxygens (including phenoxy) is 1. The third kappa shape index (κ3) is 2.97. The van der Waals surface area contributed by atoms with Crippen molar-refractivity contribution in [2.45, 2.75) is 59.0 Å². The van der Waals surface area contributed by atoms with E-state index in [1.807, 2.05) is 6.92 Å². The van der Waals surface area contributed by atoms with Crippen molar-refractivity contribution < 1.29 is 9.53 Å². The van der Waals surface area contributed by atoms with Gasteiger partial charge in [0.2, 0.25) is 0 Å². The molecule has 3 heteroatoms. The molecule has 1 saturated heterocycles. The van der Waals surface area contributed by atoms with Crippen molar-refractivity contribution in [1.82, 2.24) is 4.90 Å². The maximum atomic E-state index is 11.9. The Morgan fingerprint density at radius 3 is 2.69 bits per heavy atom. The number of hydrogen-bond acceptors (Lipinski definition) is 3. The zero-order valence-electron chi connectivity index (χ0n) is 11.0. The van der Waals surface area contributed by atoms with Crippen LogP contribution in [0.4, 0.5) is 0 Å². The second-order valence-corrected chi connectivity index (χ2v) is 4.77. The van der Waals surface area contributed by atoms with Crippen LogP contribution in [0.25, 0.3) is 0 Å². The largest absolute Gasteiger partial charge is 0.465 e. The highest BCUT2D eigenvalue weighted by atomic mass is 16.5. The van der Waals surface area contributed by atoms with E-state index in [9.17, 15) is 4.79 Å². The molecule has 0 bridgehead atoms. The fourth-order valence-corrected chi connectivity index (χ4v) is 2.58. The summed E-state index contributed by atoms with van der Waals surface area (Å²) in [6.45, 7) is 9.94. The molecular formula is C13H25NO2. The minimum atomic E-state index is -0.0500. The van der Waals surface area contributed by atoms with Crippen molar-refractivity contribution in [3.05, 3.63) is 0 Å². The van der Waals surface area contributed by atoms with Gasteiger partial charge in [0, 0.05) is 6.04 Å². The summed E-state index contributed by atoms with van der Waals surface area (Å²) in [5.74, 6) is 0.628. The van der Waals surface area contributed by atoms with E-state index in [0.717, 1.165) is 13.0 Å². The Bertz CT molecular complexity index is 230. The highest BCUT2D eigenvalue weighted by molar-refractivity contribution is 5.75. The Morgan fingerprint density at radius 2 is 2.12 bits per heavy atom. The van der Waals surface area contributed by atoms with Crippen LogP contribution in [0.15, 0.2) is 0 Å². The molecule has 94 valence electrons. The fourth-order valence-electron chi connectivity index (χ4n) is 2.58. The van der Waals surface area contributed by atoms with Gasteiger partial charge in [0.1, 0.15) is 6.04 Å². The van der Waals surface area contributed by atoms with Gasteiger partial charge in [-0.2, -0.15) is 0 Å². The van der Waals surface area contributed by atoms with E-state index in [-0.39, 0.29) is 12.0 Å². The van der Waals surface area contributed by atoms with Crippen molar-refractivity contribution in [3.63, 3.8) is 0 Å². The van der Waals surface area contributed by atoms with Gasteiger partial charge in [-0.1, -0.05) is 13.8 Å². The van der Waals surface area contributed by atoms with Crippen LogP contribution in [-0.2, 0) is 9.53 Å². The summed E-state index contributed by atoms with van der Waals surface area (Å²) >= 11 is 0. The number of likely N-dealkylation sites (tertiary alicyclic amines) is 1. The minimum Gasteiger partial charge on any atom is -0.465 e. The van der Waals surface area contributed by atoms with Crippen LogP contribution >= 0.6 is 0 Å². The number of piperidine rings is 1. The van der Waals surface area contributed by atoms with E-state index in [2.05, 4.69) is 25.7 Å². The number of nitrogens with zero attached hydrogens (tertiary/aromatic N) is 1. The second kappa shape index (κ2) is 6.24. The van der Waals surface area contributed by atoms with Gasteiger partial charge in [-0.3, -0.25) is 9.69 Å². The molecule has 1 aliphatic rings. The monoisotopic (exact) mass is 227 g/mol. The lowest BCUT2D eigenvalue weighted by molar-refractivity contribution is -0.151. The zero-order chi connectivity index (χ0) is 12.1. The van der Waals surface area contributed by atoms with Crippen LogP contribution in [0.5, 0.6) is 0 Å². The first-order valence-electron chi connectivity index (χ1n) is 6.54. The Kier molecular flexibility index (Phi) is 5.26. The summed E-state index contributed by atoms with van der Waals surface area (Å²) in [6, 6.07) is 0.445. The number of rotatable bonds is 4. The van der Waals surface area contributed by atoms with Gasteiger partial charge in [0.15, 0.2) is 0 Å². The van der Waals surface area contributed by atoms with E-state index in [1.54, 1.807) is 0 Å². The Morgan fingerprint density at radius 1 is 1.44 bits per heavy atom. The average Bonchev–Trinajstić information content (AvgIpc) is 2.25. The smallest absolute Gasteiger partial charge is 0.323 e. The van der Waals surface area contributed by atoms with Crippen molar-refractivity contribution in [1.29, 1.82) is 0 Å². The molecule has 3 atom stereocenters. The summed E-state index contributed by atoms with van der Waals surface area (Å²) in [6.07, 6.45) is 3.31. The first-order valence-corrected chi connectivity index (χ1v) is 6.54. The van der Waals surface area contributed by atoms with Crippen LogP contribution in [-0.4, -0.2) is 36.1 Å². The maximum Gasteiger partial charge on any atom is 0.323 e. The molecule has 0 N–H and O–H groups in total. The number of carbonyl (C=O) groups is 1. The molecule has 0 saturated carbocycles. The molecule has 1 heterocycles. The van der Waals surface area contributed by atoms with Gasteiger partial charge in [0.25, 0.3) is 0 Å². The standard InChI is InChI=1S/C13H25NO2/c1-5-12(13(15)16-6-2)14-9-7-8-10(3)11(14)4/h10-12H,5-9H2,1-4H3. The van der Waals surface area contributed by atoms with E-state index in [0.29, 0.717) is 18.6 Å². The lowest BCUT2D eigenvalue weighted by Gasteiger charge is -2.41. The lowest BCUT2D eigenvalue weighted by atomic mass is 9.90. The molecule has 0 amide bonds. The molecule has 0 aromatic rings. The summed E-state index contributed by atoms with van der Waals surface area (Å²) in [4.78, 5) is 14.2. The topological polar surface area (TPSA) is 29.5 Å². The van der Waals surface area contributed by atoms with Crippen LogP contribution in [0, 0.1) is 5.92 Å². The summed E-state index contributed by atoms with van der Waals surface area (Å²) < 4.78 is 5.15. The fraction of sp³-hybridized carbons (Fsp3) is 0.923. The van der Waals surface area contributed by atoms with Crippen LogP contribution < -0.4 is 0 Å². The molecule has 0 aromatic heterocycles. The van der Waals surface area contributed by atoms with Crippen molar-refractivity contribution >= 4 is 5.97 Å². The average molecular weight is 227 g/mol. The van der Waals surface area contributed by atoms with Crippen molar-refractivity contribution in [3.8, 4) is 0 Å². The Hall–Kier alpha value is -0.570. The van der Waals surface area contributed by atoms with Gasteiger partial charge in [-0.05, 0) is 45.6 Å². The third-order valence-electron chi connectivity index (χ3n) is 3.77. The van der Waals surface area contributed by atoms with Gasteiger partial charge in [-0.15, -0.1) is 0 Å². The molecule has 0 radical (unpaired) electrons. The van der Waals surface area contributed by atoms with Crippen LogP contribution in [0.2, 0.25) is 0 Å². The number of hydrogen-bond donors (Lipinski definition) is 0. The Balaban J connectivity index is 2.67. The summed E-state index contributed by atoms with van der Waals surface area (Å²) in [7, 11) is 0. The van der Waals surface area contributed by atoms with Crippen molar-refractivity contribution in [2.24, 2.45) is 5.92 Å². The number of esters is 1. The minimum absolute atomic E-state index is 0.0438. The van der Waals surface area contributed by atoms with E-state index in [1.165, 1.54) is 12.8 Å². The molecule has 3 nitrogen and oxygen atoms in total. The van der Waals surface area contributed by atoms with E-state index in [4.69, 9.17) is 4.74 Å². The normalized spacial score (nSPS) is 28.8. The lowest BCUT2D eigenvalue weighted by Crippen LogP contribution is -2.51. The third-order valence-corrected chi connectivity index (χ3v) is 3.77. The Labute approximate surface area is 99.1 Å². The quantitative estimate of drug-likeness (QED) is 0.691. The van der Waals surface area contributed by atoms with Gasteiger partial charge < -0.3 is 4.74 Å². The molecule has 1 rings (SSSR count). The van der Waals surface area contributed by atoms with Gasteiger partial charge in [0.05, 0.1) is 6.61 Å². The zero-order valence-corrected chi connectivity index (χ0v) is 11.0. The van der Waals surface area contributed by atoms with Gasteiger partial charge in [-0.25, -0.2) is 0 Å². The molecule has 0 spiro atoms. The molecular weight excluding hydrogens is 202 g/mol.